The molecule has 2 unspecified atom stereocenters. The number of benzene rings is 1. The minimum absolute atomic E-state index is 0.537. The molecule has 1 aromatic carbocycles. The molecule has 0 aromatic heterocycles. The highest BCUT2D eigenvalue weighted by Crippen LogP contribution is 2.48. The lowest BCUT2D eigenvalue weighted by molar-refractivity contribution is 0.0358. The fraction of sp³-hybridized carbons (Fsp3) is 0.571. The Bertz CT molecular complexity index is 380. The summed E-state index contributed by atoms with van der Waals surface area (Å²) >= 11 is 0. The van der Waals surface area contributed by atoms with E-state index in [1.54, 1.807) is 14.2 Å². The third-order valence-corrected chi connectivity index (χ3v) is 3.63. The molecule has 1 saturated carbocycles. The minimum Gasteiger partial charge on any atom is -0.496 e. The van der Waals surface area contributed by atoms with Crippen LogP contribution in [0.15, 0.2) is 18.2 Å². The van der Waals surface area contributed by atoms with Crippen molar-refractivity contribution in [2.24, 2.45) is 5.92 Å². The summed E-state index contributed by atoms with van der Waals surface area (Å²) in [6.07, 6.45) is 2.58. The Kier molecular flexibility index (Phi) is 3.29. The van der Waals surface area contributed by atoms with E-state index in [1.165, 1.54) is 0 Å². The number of aliphatic hydroxyl groups is 1. The van der Waals surface area contributed by atoms with E-state index in [4.69, 9.17) is 9.47 Å². The fourth-order valence-corrected chi connectivity index (χ4v) is 2.80. The van der Waals surface area contributed by atoms with Crippen molar-refractivity contribution < 1.29 is 14.6 Å². The maximum absolute atomic E-state index is 10.8. The molecular formula is C14H20O3. The summed E-state index contributed by atoms with van der Waals surface area (Å²) < 4.78 is 10.7. The summed E-state index contributed by atoms with van der Waals surface area (Å²) in [6, 6.07) is 5.63. The van der Waals surface area contributed by atoms with E-state index in [0.717, 1.165) is 24.8 Å². The Morgan fingerprint density at radius 1 is 1.24 bits per heavy atom. The Morgan fingerprint density at radius 3 is 2.24 bits per heavy atom. The maximum atomic E-state index is 10.8. The highest BCUT2D eigenvalue weighted by molar-refractivity contribution is 5.49. The SMILES string of the molecule is COc1cccc(OC)c1C1(O)CCC(C)C1. The molecule has 1 N–H and O–H groups in total. The standard InChI is InChI=1S/C14H20O3/c1-10-7-8-14(15,9-10)13-11(16-2)5-4-6-12(13)17-3/h4-6,10,15H,7-9H2,1-3H3. The zero-order valence-corrected chi connectivity index (χ0v) is 10.7. The quantitative estimate of drug-likeness (QED) is 0.877. The smallest absolute Gasteiger partial charge is 0.128 e. The minimum atomic E-state index is -0.808. The first-order valence-corrected chi connectivity index (χ1v) is 6.04. The van der Waals surface area contributed by atoms with Gasteiger partial charge in [0.2, 0.25) is 0 Å². The van der Waals surface area contributed by atoms with Crippen molar-refractivity contribution in [3.63, 3.8) is 0 Å². The second-order valence-corrected chi connectivity index (χ2v) is 4.92. The molecule has 0 aliphatic heterocycles. The van der Waals surface area contributed by atoms with Gasteiger partial charge in [0, 0.05) is 0 Å². The molecule has 0 radical (unpaired) electrons. The van der Waals surface area contributed by atoms with Crippen LogP contribution in [0.2, 0.25) is 0 Å². The molecule has 3 nitrogen and oxygen atoms in total. The molecule has 2 rings (SSSR count). The van der Waals surface area contributed by atoms with Crippen molar-refractivity contribution in [2.75, 3.05) is 14.2 Å². The molecule has 1 aromatic rings. The van der Waals surface area contributed by atoms with Gasteiger partial charge in [0.05, 0.1) is 25.4 Å². The number of rotatable bonds is 3. The third-order valence-electron chi connectivity index (χ3n) is 3.63. The predicted molar refractivity (Wildman–Crippen MR) is 66.5 cm³/mol. The normalized spacial score (nSPS) is 28.1. The highest BCUT2D eigenvalue weighted by atomic mass is 16.5. The number of methoxy groups -OCH3 is 2. The van der Waals surface area contributed by atoms with Gasteiger partial charge in [-0.05, 0) is 37.3 Å². The lowest BCUT2D eigenvalue weighted by atomic mass is 9.89. The van der Waals surface area contributed by atoms with Crippen LogP contribution in [0.3, 0.4) is 0 Å². The number of hydrogen-bond donors (Lipinski definition) is 1. The third kappa shape index (κ3) is 2.12. The van der Waals surface area contributed by atoms with Gasteiger partial charge < -0.3 is 14.6 Å². The molecule has 0 saturated heterocycles. The molecule has 1 aliphatic carbocycles. The molecule has 0 bridgehead atoms. The van der Waals surface area contributed by atoms with Crippen molar-refractivity contribution in [1.82, 2.24) is 0 Å². The van der Waals surface area contributed by atoms with Gasteiger partial charge in [-0.25, -0.2) is 0 Å². The predicted octanol–water partition coefficient (Wildman–Crippen LogP) is 2.71. The molecule has 1 aliphatic rings. The van der Waals surface area contributed by atoms with E-state index in [0.29, 0.717) is 17.4 Å². The first-order valence-electron chi connectivity index (χ1n) is 6.04. The van der Waals surface area contributed by atoms with Gasteiger partial charge in [0.25, 0.3) is 0 Å². The summed E-state index contributed by atoms with van der Waals surface area (Å²) in [5.41, 5.74) is -0.00785. The molecule has 3 heteroatoms. The van der Waals surface area contributed by atoms with E-state index in [2.05, 4.69) is 6.92 Å². The monoisotopic (exact) mass is 236 g/mol. The Hall–Kier alpha value is -1.22. The van der Waals surface area contributed by atoms with E-state index in [9.17, 15) is 5.11 Å². The average Bonchev–Trinajstić information content (AvgIpc) is 2.69. The Labute approximate surface area is 102 Å². The zero-order chi connectivity index (χ0) is 12.5. The number of ether oxygens (including phenoxy) is 2. The Morgan fingerprint density at radius 2 is 1.82 bits per heavy atom. The summed E-state index contributed by atoms with van der Waals surface area (Å²) in [7, 11) is 3.25. The first-order chi connectivity index (χ1) is 8.10. The second kappa shape index (κ2) is 4.57. The topological polar surface area (TPSA) is 38.7 Å². The van der Waals surface area contributed by atoms with Gasteiger partial charge in [-0.15, -0.1) is 0 Å². The maximum Gasteiger partial charge on any atom is 0.128 e. The molecule has 2 atom stereocenters. The zero-order valence-electron chi connectivity index (χ0n) is 10.7. The van der Waals surface area contributed by atoms with Crippen LogP contribution in [0.5, 0.6) is 11.5 Å². The van der Waals surface area contributed by atoms with Gasteiger partial charge in [-0.1, -0.05) is 13.0 Å². The molecule has 17 heavy (non-hydrogen) atoms. The van der Waals surface area contributed by atoms with Gasteiger partial charge in [0.1, 0.15) is 11.5 Å². The van der Waals surface area contributed by atoms with Crippen LogP contribution in [0.1, 0.15) is 31.7 Å². The highest BCUT2D eigenvalue weighted by Gasteiger charge is 2.41. The molecule has 0 heterocycles. The number of hydrogen-bond acceptors (Lipinski definition) is 3. The fourth-order valence-electron chi connectivity index (χ4n) is 2.80. The van der Waals surface area contributed by atoms with Crippen LogP contribution in [0.4, 0.5) is 0 Å². The Balaban J connectivity index is 2.49. The van der Waals surface area contributed by atoms with E-state index in [1.807, 2.05) is 18.2 Å². The van der Waals surface area contributed by atoms with Crippen LogP contribution < -0.4 is 9.47 Å². The van der Waals surface area contributed by atoms with Crippen LogP contribution in [-0.2, 0) is 5.60 Å². The van der Waals surface area contributed by atoms with Crippen LogP contribution in [0.25, 0.3) is 0 Å². The van der Waals surface area contributed by atoms with Gasteiger partial charge in [0.15, 0.2) is 0 Å². The van der Waals surface area contributed by atoms with E-state index >= 15 is 0 Å². The van der Waals surface area contributed by atoms with Crippen molar-refractivity contribution in [1.29, 1.82) is 0 Å². The van der Waals surface area contributed by atoms with Crippen LogP contribution in [0, 0.1) is 5.92 Å². The summed E-state index contributed by atoms with van der Waals surface area (Å²) in [4.78, 5) is 0. The van der Waals surface area contributed by atoms with Crippen molar-refractivity contribution in [3.8, 4) is 11.5 Å². The van der Waals surface area contributed by atoms with Gasteiger partial charge >= 0.3 is 0 Å². The van der Waals surface area contributed by atoms with E-state index < -0.39 is 5.60 Å². The molecule has 94 valence electrons. The van der Waals surface area contributed by atoms with Crippen molar-refractivity contribution in [3.05, 3.63) is 23.8 Å². The molecule has 0 spiro atoms. The van der Waals surface area contributed by atoms with Gasteiger partial charge in [-0.2, -0.15) is 0 Å². The van der Waals surface area contributed by atoms with E-state index in [-0.39, 0.29) is 0 Å². The van der Waals surface area contributed by atoms with Crippen molar-refractivity contribution in [2.45, 2.75) is 31.8 Å². The molecule has 1 fully saturated rings. The lowest BCUT2D eigenvalue weighted by Crippen LogP contribution is -2.23. The molecular weight excluding hydrogens is 216 g/mol. The molecule has 0 amide bonds. The average molecular weight is 236 g/mol. The first kappa shape index (κ1) is 12.2. The van der Waals surface area contributed by atoms with Crippen molar-refractivity contribution >= 4 is 0 Å². The largest absolute Gasteiger partial charge is 0.496 e. The summed E-state index contributed by atoms with van der Waals surface area (Å²) in [5.74, 6) is 1.96. The second-order valence-electron chi connectivity index (χ2n) is 4.92. The summed E-state index contributed by atoms with van der Waals surface area (Å²) in [6.45, 7) is 2.17. The summed E-state index contributed by atoms with van der Waals surface area (Å²) in [5, 5.41) is 10.8. The lowest BCUT2D eigenvalue weighted by Gasteiger charge is -2.27. The van der Waals surface area contributed by atoms with Gasteiger partial charge in [-0.3, -0.25) is 0 Å². The van der Waals surface area contributed by atoms with Crippen LogP contribution >= 0.6 is 0 Å². The van der Waals surface area contributed by atoms with Crippen LogP contribution in [-0.4, -0.2) is 19.3 Å².